The highest BCUT2D eigenvalue weighted by Crippen LogP contribution is 2.01. The van der Waals surface area contributed by atoms with Gasteiger partial charge in [0.05, 0.1) is 6.61 Å². The van der Waals surface area contributed by atoms with Crippen LogP contribution in [0, 0.1) is 0 Å². The minimum atomic E-state index is 0.266. The van der Waals surface area contributed by atoms with Crippen LogP contribution < -0.4 is 5.32 Å². The topological polar surface area (TPSA) is 21.3 Å². The molecule has 0 spiro atoms. The second kappa shape index (κ2) is 2.09. The number of hydrogen-bond donors (Lipinski definition) is 1. The highest BCUT2D eigenvalue weighted by Gasteiger charge is 2.07. The summed E-state index contributed by atoms with van der Waals surface area (Å²) in [5.74, 6) is 0. The summed E-state index contributed by atoms with van der Waals surface area (Å²) < 4.78 is 5.29. The molecule has 1 N–H and O–H groups in total. The molecule has 1 aliphatic heterocycles. The van der Waals surface area contributed by atoms with Crippen LogP contribution in [0.25, 0.3) is 0 Å². The Bertz CT molecular complexity index is 44.1. The third-order valence-corrected chi connectivity index (χ3v) is 1.47. The Morgan fingerprint density at radius 1 is 1.83 bits per heavy atom. The van der Waals surface area contributed by atoms with Gasteiger partial charge in [-0.2, -0.15) is 0 Å². The molecule has 0 saturated carbocycles. The second-order valence-electron chi connectivity index (χ2n) is 1.14. The number of rotatable bonds is 0. The van der Waals surface area contributed by atoms with Gasteiger partial charge >= 0.3 is 0 Å². The number of alkyl halides is 1. The number of halogens is 1. The zero-order valence-corrected chi connectivity index (χ0v) is 5.44. The summed E-state index contributed by atoms with van der Waals surface area (Å²) >= 11 is 2.20. The van der Waals surface area contributed by atoms with Crippen LogP contribution in [0.2, 0.25) is 0 Å². The van der Waals surface area contributed by atoms with Crippen molar-refractivity contribution in [2.24, 2.45) is 0 Å². The van der Waals surface area contributed by atoms with E-state index in [1.807, 2.05) is 0 Å². The molecule has 0 aromatic heterocycles. The monoisotopic (exact) mass is 199 g/mol. The zero-order chi connectivity index (χ0) is 4.41. The second-order valence-corrected chi connectivity index (χ2v) is 2.27. The predicted octanol–water partition coefficient (Wildman–Crippen LogP) is 0.325. The lowest BCUT2D eigenvalue weighted by molar-refractivity contribution is 0.180. The van der Waals surface area contributed by atoms with Crippen molar-refractivity contribution in [2.45, 2.75) is 4.23 Å². The van der Waals surface area contributed by atoms with E-state index in [-0.39, 0.29) is 4.23 Å². The van der Waals surface area contributed by atoms with Crippen LogP contribution in [0.3, 0.4) is 0 Å². The Kier molecular flexibility index (Phi) is 1.67. The highest BCUT2D eigenvalue weighted by atomic mass is 127. The Hall–Kier alpha value is 0.650. The molecular formula is C3H6INO. The molecule has 0 bridgehead atoms. The Morgan fingerprint density at radius 2 is 2.67 bits per heavy atom. The number of hydrogen-bond acceptors (Lipinski definition) is 2. The van der Waals surface area contributed by atoms with E-state index in [9.17, 15) is 0 Å². The molecule has 36 valence electrons. The predicted molar refractivity (Wildman–Crippen MR) is 31.8 cm³/mol. The summed E-state index contributed by atoms with van der Waals surface area (Å²) in [7, 11) is 0. The lowest BCUT2D eigenvalue weighted by Gasteiger charge is -1.93. The standard InChI is InChI=1S/C3H6INO/c4-3-5-1-2-6-3/h3,5H,1-2H2. The maximum absolute atomic E-state index is 5.03. The van der Waals surface area contributed by atoms with Gasteiger partial charge in [-0.15, -0.1) is 0 Å². The van der Waals surface area contributed by atoms with Crippen molar-refractivity contribution in [3.63, 3.8) is 0 Å². The fraction of sp³-hybridized carbons (Fsp3) is 1.00. The first kappa shape index (κ1) is 4.80. The highest BCUT2D eigenvalue weighted by molar-refractivity contribution is 14.1. The first-order chi connectivity index (χ1) is 2.89. The summed E-state index contributed by atoms with van der Waals surface area (Å²) in [5, 5.41) is 3.08. The van der Waals surface area contributed by atoms with Gasteiger partial charge in [-0.25, -0.2) is 0 Å². The van der Waals surface area contributed by atoms with Crippen LogP contribution in [0.5, 0.6) is 0 Å². The first-order valence-electron chi connectivity index (χ1n) is 1.88. The molecule has 0 aliphatic carbocycles. The summed E-state index contributed by atoms with van der Waals surface area (Å²) in [4.78, 5) is 0. The lowest BCUT2D eigenvalue weighted by Crippen LogP contribution is -2.13. The minimum Gasteiger partial charge on any atom is -0.353 e. The van der Waals surface area contributed by atoms with Gasteiger partial charge in [0.25, 0.3) is 0 Å². The normalized spacial score (nSPS) is 34.5. The fourth-order valence-corrected chi connectivity index (χ4v) is 0.959. The summed E-state index contributed by atoms with van der Waals surface area (Å²) in [6.45, 7) is 1.88. The molecule has 2 nitrogen and oxygen atoms in total. The molecule has 0 radical (unpaired) electrons. The average molecular weight is 199 g/mol. The quantitative estimate of drug-likeness (QED) is 0.344. The molecule has 1 fully saturated rings. The Labute approximate surface area is 50.4 Å². The van der Waals surface area contributed by atoms with Gasteiger partial charge in [0.2, 0.25) is 0 Å². The van der Waals surface area contributed by atoms with E-state index >= 15 is 0 Å². The first-order valence-corrected chi connectivity index (χ1v) is 3.13. The van der Waals surface area contributed by atoms with Crippen molar-refractivity contribution >= 4 is 22.6 Å². The van der Waals surface area contributed by atoms with Crippen molar-refractivity contribution in [2.75, 3.05) is 13.2 Å². The van der Waals surface area contributed by atoms with E-state index in [1.165, 1.54) is 0 Å². The Balaban J connectivity index is 2.18. The van der Waals surface area contributed by atoms with Gasteiger partial charge in [-0.05, 0) is 22.6 Å². The van der Waals surface area contributed by atoms with Crippen LogP contribution in [0.4, 0.5) is 0 Å². The molecule has 1 rings (SSSR count). The van der Waals surface area contributed by atoms with Gasteiger partial charge in [0.15, 0.2) is 4.23 Å². The van der Waals surface area contributed by atoms with Gasteiger partial charge in [0.1, 0.15) is 0 Å². The van der Waals surface area contributed by atoms with E-state index in [0.29, 0.717) is 0 Å². The van der Waals surface area contributed by atoms with Crippen LogP contribution in [0.15, 0.2) is 0 Å². The molecule has 3 heteroatoms. The fourth-order valence-electron chi connectivity index (χ4n) is 0.394. The minimum absolute atomic E-state index is 0.266. The van der Waals surface area contributed by atoms with Gasteiger partial charge in [-0.3, -0.25) is 5.32 Å². The van der Waals surface area contributed by atoms with Crippen LogP contribution in [-0.2, 0) is 4.74 Å². The molecule has 1 saturated heterocycles. The molecule has 0 amide bonds. The smallest absolute Gasteiger partial charge is 0.160 e. The van der Waals surface area contributed by atoms with Crippen LogP contribution >= 0.6 is 22.6 Å². The maximum Gasteiger partial charge on any atom is 0.160 e. The molecule has 1 atom stereocenters. The zero-order valence-electron chi connectivity index (χ0n) is 3.28. The largest absolute Gasteiger partial charge is 0.353 e. The molecule has 0 aromatic rings. The summed E-state index contributed by atoms with van der Waals surface area (Å²) in [6, 6.07) is 0. The van der Waals surface area contributed by atoms with Crippen molar-refractivity contribution < 1.29 is 4.74 Å². The van der Waals surface area contributed by atoms with Crippen LogP contribution in [-0.4, -0.2) is 17.4 Å². The van der Waals surface area contributed by atoms with E-state index in [4.69, 9.17) is 4.74 Å². The Morgan fingerprint density at radius 3 is 2.83 bits per heavy atom. The van der Waals surface area contributed by atoms with Crippen molar-refractivity contribution in [1.82, 2.24) is 5.32 Å². The molecule has 1 heterocycles. The van der Waals surface area contributed by atoms with Crippen molar-refractivity contribution in [3.05, 3.63) is 0 Å². The third kappa shape index (κ3) is 1.06. The van der Waals surface area contributed by atoms with Gasteiger partial charge in [-0.1, -0.05) is 0 Å². The van der Waals surface area contributed by atoms with Gasteiger partial charge in [0, 0.05) is 6.54 Å². The number of ether oxygens (including phenoxy) is 1. The van der Waals surface area contributed by atoms with E-state index < -0.39 is 0 Å². The SMILES string of the molecule is IC1NCCO1. The summed E-state index contributed by atoms with van der Waals surface area (Å²) in [6.07, 6.45) is 0. The molecule has 6 heavy (non-hydrogen) atoms. The van der Waals surface area contributed by atoms with Crippen molar-refractivity contribution in [3.8, 4) is 0 Å². The maximum atomic E-state index is 5.03. The van der Waals surface area contributed by atoms with Crippen molar-refractivity contribution in [1.29, 1.82) is 0 Å². The van der Waals surface area contributed by atoms with Crippen LogP contribution in [0.1, 0.15) is 0 Å². The molecule has 1 aliphatic rings. The number of nitrogens with one attached hydrogen (secondary N) is 1. The summed E-state index contributed by atoms with van der Waals surface area (Å²) in [5.41, 5.74) is 0. The van der Waals surface area contributed by atoms with E-state index in [2.05, 4.69) is 27.9 Å². The average Bonchev–Trinajstić information content (AvgIpc) is 1.86. The van der Waals surface area contributed by atoms with E-state index in [1.54, 1.807) is 0 Å². The molecule has 1 unspecified atom stereocenters. The lowest BCUT2D eigenvalue weighted by atomic mass is 10.7. The molecular weight excluding hydrogens is 193 g/mol. The van der Waals surface area contributed by atoms with E-state index in [0.717, 1.165) is 13.2 Å². The molecule has 0 aromatic carbocycles. The van der Waals surface area contributed by atoms with Gasteiger partial charge < -0.3 is 4.74 Å². The third-order valence-electron chi connectivity index (χ3n) is 0.671.